The van der Waals surface area contributed by atoms with Crippen molar-refractivity contribution in [2.24, 2.45) is 0 Å². The molecule has 0 spiro atoms. The van der Waals surface area contributed by atoms with E-state index in [1.54, 1.807) is 47.4 Å². The molecule has 37 heavy (non-hydrogen) atoms. The predicted molar refractivity (Wildman–Crippen MR) is 138 cm³/mol. The summed E-state index contributed by atoms with van der Waals surface area (Å²) in [5.74, 6) is -1.88. The van der Waals surface area contributed by atoms with E-state index in [-0.39, 0.29) is 18.7 Å². The van der Waals surface area contributed by atoms with E-state index in [1.807, 2.05) is 13.0 Å². The van der Waals surface area contributed by atoms with Gasteiger partial charge in [-0.3, -0.25) is 9.59 Å². The quantitative estimate of drug-likeness (QED) is 0.521. The summed E-state index contributed by atoms with van der Waals surface area (Å²) in [5.41, 5.74) is 1.34. The number of nitrogens with zero attached hydrogens (tertiary/aromatic N) is 2. The van der Waals surface area contributed by atoms with Gasteiger partial charge in [0, 0.05) is 23.1 Å². The summed E-state index contributed by atoms with van der Waals surface area (Å²) in [4.78, 5) is 42.6. The van der Waals surface area contributed by atoms with Crippen LogP contribution in [0.5, 0.6) is 0 Å². The lowest BCUT2D eigenvalue weighted by Gasteiger charge is -2.47. The van der Waals surface area contributed by atoms with Crippen LogP contribution in [-0.2, 0) is 23.9 Å². The number of aliphatic carboxylic acids is 1. The first-order valence-electron chi connectivity index (χ1n) is 12.4. The van der Waals surface area contributed by atoms with Gasteiger partial charge in [0.05, 0.1) is 25.7 Å². The van der Waals surface area contributed by atoms with Gasteiger partial charge in [-0.05, 0) is 41.8 Å². The highest BCUT2D eigenvalue weighted by Gasteiger charge is 2.49. The van der Waals surface area contributed by atoms with Gasteiger partial charge in [0.15, 0.2) is 0 Å². The highest BCUT2D eigenvalue weighted by atomic mass is 35.5. The van der Waals surface area contributed by atoms with Gasteiger partial charge < -0.3 is 24.4 Å². The van der Waals surface area contributed by atoms with Crippen LogP contribution in [0.2, 0.25) is 10.0 Å². The average molecular weight is 549 g/mol. The fraction of sp³-hybridized carbons (Fsp3) is 0.444. The highest BCUT2D eigenvalue weighted by molar-refractivity contribution is 6.30. The Hall–Kier alpha value is -2.65. The molecule has 8 nitrogen and oxygen atoms in total. The van der Waals surface area contributed by atoms with Crippen molar-refractivity contribution < 1.29 is 29.0 Å². The van der Waals surface area contributed by atoms with Crippen LogP contribution in [0, 0.1) is 0 Å². The smallest absolute Gasteiger partial charge is 0.326 e. The summed E-state index contributed by atoms with van der Waals surface area (Å²) >= 11 is 12.4. The number of morpholine rings is 2. The number of hydrogen-bond donors (Lipinski definition) is 1. The van der Waals surface area contributed by atoms with Gasteiger partial charge >= 0.3 is 5.97 Å². The van der Waals surface area contributed by atoms with Gasteiger partial charge in [-0.1, -0.05) is 60.8 Å². The van der Waals surface area contributed by atoms with E-state index in [0.29, 0.717) is 53.9 Å². The monoisotopic (exact) mass is 548 g/mol. The summed E-state index contributed by atoms with van der Waals surface area (Å²) in [7, 11) is 0. The number of carbonyl (C=O) groups excluding carboxylic acids is 2. The van der Waals surface area contributed by atoms with E-state index in [0.717, 1.165) is 0 Å². The lowest BCUT2D eigenvalue weighted by Crippen LogP contribution is -2.57. The lowest BCUT2D eigenvalue weighted by molar-refractivity contribution is -0.187. The van der Waals surface area contributed by atoms with Gasteiger partial charge in [-0.15, -0.1) is 0 Å². The van der Waals surface area contributed by atoms with Crippen molar-refractivity contribution in [1.82, 2.24) is 9.80 Å². The van der Waals surface area contributed by atoms with Gasteiger partial charge in [-0.25, -0.2) is 4.79 Å². The minimum Gasteiger partial charge on any atom is -0.480 e. The Morgan fingerprint density at radius 1 is 1.05 bits per heavy atom. The molecule has 2 amide bonds. The molecule has 2 aromatic carbocycles. The number of carboxylic acids is 1. The van der Waals surface area contributed by atoms with Crippen LogP contribution >= 0.6 is 23.2 Å². The van der Waals surface area contributed by atoms with Crippen molar-refractivity contribution in [3.05, 3.63) is 69.7 Å². The maximum absolute atomic E-state index is 13.9. The topological polar surface area (TPSA) is 96.4 Å². The Balaban J connectivity index is 1.79. The van der Waals surface area contributed by atoms with Crippen molar-refractivity contribution >= 4 is 41.0 Å². The van der Waals surface area contributed by atoms with Crippen molar-refractivity contribution in [2.75, 3.05) is 26.3 Å². The van der Waals surface area contributed by atoms with Crippen molar-refractivity contribution in [2.45, 2.75) is 50.5 Å². The number of rotatable bonds is 8. The van der Waals surface area contributed by atoms with Crippen LogP contribution in [0.1, 0.15) is 49.5 Å². The molecule has 0 bridgehead atoms. The molecule has 2 saturated heterocycles. The number of halogens is 2. The van der Waals surface area contributed by atoms with Crippen LogP contribution in [-0.4, -0.2) is 71.1 Å². The molecule has 2 fully saturated rings. The van der Waals surface area contributed by atoms with E-state index in [2.05, 4.69) is 0 Å². The SMILES string of the molecule is CCCC(C(=O)O)N1C(=O)[C@@H](CC(=O)N2CCOCC2)O[C@H](c2cccc(Cl)c2)[C@@H]1c1ccc(Cl)cc1. The van der Waals surface area contributed by atoms with Crippen LogP contribution < -0.4 is 0 Å². The number of carbonyl (C=O) groups is 3. The van der Waals surface area contributed by atoms with Gasteiger partial charge in [0.25, 0.3) is 5.91 Å². The van der Waals surface area contributed by atoms with E-state index >= 15 is 0 Å². The fourth-order valence-corrected chi connectivity index (χ4v) is 5.26. The second kappa shape index (κ2) is 12.3. The Morgan fingerprint density at radius 2 is 1.76 bits per heavy atom. The van der Waals surface area contributed by atoms with Gasteiger partial charge in [0.2, 0.25) is 5.91 Å². The molecular formula is C27H30Cl2N2O6. The fourth-order valence-electron chi connectivity index (χ4n) is 4.94. The predicted octanol–water partition coefficient (Wildman–Crippen LogP) is 4.51. The zero-order valence-corrected chi connectivity index (χ0v) is 22.0. The maximum Gasteiger partial charge on any atom is 0.326 e. The summed E-state index contributed by atoms with van der Waals surface area (Å²) < 4.78 is 11.7. The summed E-state index contributed by atoms with van der Waals surface area (Å²) in [6.45, 7) is 3.59. The minimum absolute atomic E-state index is 0.196. The van der Waals surface area contributed by atoms with E-state index < -0.39 is 36.2 Å². The number of amides is 2. The molecule has 4 atom stereocenters. The number of ether oxygens (including phenoxy) is 2. The number of carboxylic acid groups (broad SMARTS) is 1. The van der Waals surface area contributed by atoms with Crippen LogP contribution in [0.3, 0.4) is 0 Å². The third-order valence-corrected chi connectivity index (χ3v) is 7.21. The van der Waals surface area contributed by atoms with Crippen LogP contribution in [0.4, 0.5) is 0 Å². The first-order valence-corrected chi connectivity index (χ1v) is 13.1. The molecule has 198 valence electrons. The largest absolute Gasteiger partial charge is 0.480 e. The Morgan fingerprint density at radius 3 is 2.38 bits per heavy atom. The van der Waals surface area contributed by atoms with Crippen LogP contribution in [0.15, 0.2) is 48.5 Å². The zero-order valence-electron chi connectivity index (χ0n) is 20.5. The third-order valence-electron chi connectivity index (χ3n) is 6.72. The molecule has 1 unspecified atom stereocenters. The van der Waals surface area contributed by atoms with Crippen molar-refractivity contribution in [3.8, 4) is 0 Å². The van der Waals surface area contributed by atoms with E-state index in [9.17, 15) is 19.5 Å². The second-order valence-electron chi connectivity index (χ2n) is 9.18. The average Bonchev–Trinajstić information content (AvgIpc) is 2.89. The molecule has 0 saturated carbocycles. The molecule has 0 radical (unpaired) electrons. The van der Waals surface area contributed by atoms with E-state index in [4.69, 9.17) is 32.7 Å². The molecule has 2 aliphatic rings. The standard InChI is InChI=1S/C27H30Cl2N2O6/c1-2-4-21(27(34)35)31-24(17-7-9-19(28)10-8-17)25(18-5-3-6-20(29)15-18)37-22(26(31)33)16-23(32)30-11-13-36-14-12-30/h3,5-10,15,21-22,24-25H,2,4,11-14,16H2,1H3,(H,34,35)/t21?,22-,24+,25-/m1/s1. The number of benzene rings is 2. The molecule has 2 aromatic rings. The Labute approximate surface area is 226 Å². The first kappa shape index (κ1) is 27.4. The zero-order chi connectivity index (χ0) is 26.5. The molecule has 4 rings (SSSR count). The molecule has 1 N–H and O–H groups in total. The van der Waals surface area contributed by atoms with Crippen molar-refractivity contribution in [1.29, 1.82) is 0 Å². The number of hydrogen-bond acceptors (Lipinski definition) is 5. The second-order valence-corrected chi connectivity index (χ2v) is 10.1. The lowest BCUT2D eigenvalue weighted by atomic mass is 9.89. The van der Waals surface area contributed by atoms with E-state index in [1.165, 1.54) is 4.90 Å². The molecule has 0 aromatic heterocycles. The maximum atomic E-state index is 13.9. The molecular weight excluding hydrogens is 519 g/mol. The van der Waals surface area contributed by atoms with Crippen molar-refractivity contribution in [3.63, 3.8) is 0 Å². The van der Waals surface area contributed by atoms with Gasteiger partial charge in [0.1, 0.15) is 18.2 Å². The Kier molecular flexibility index (Phi) is 9.08. The summed E-state index contributed by atoms with van der Waals surface area (Å²) in [6.07, 6.45) is -1.32. The molecule has 2 aliphatic heterocycles. The van der Waals surface area contributed by atoms with Crippen LogP contribution in [0.25, 0.3) is 0 Å². The highest BCUT2D eigenvalue weighted by Crippen LogP contribution is 2.44. The summed E-state index contributed by atoms with van der Waals surface area (Å²) in [6, 6.07) is 12.1. The molecule has 10 heteroatoms. The summed E-state index contributed by atoms with van der Waals surface area (Å²) in [5, 5.41) is 11.2. The molecule has 2 heterocycles. The van der Waals surface area contributed by atoms with Gasteiger partial charge in [-0.2, -0.15) is 0 Å². The molecule has 0 aliphatic carbocycles. The minimum atomic E-state index is -1.15. The first-order chi connectivity index (χ1) is 17.8. The Bertz CT molecular complexity index is 1120. The normalized spacial score (nSPS) is 23.1. The third kappa shape index (κ3) is 6.26.